The topological polar surface area (TPSA) is 41.8 Å². The fourth-order valence-corrected chi connectivity index (χ4v) is 0.881. The molecule has 1 rings (SSSR count). The van der Waals surface area contributed by atoms with Crippen LogP contribution in [0, 0.1) is 0 Å². The van der Waals surface area contributed by atoms with Crippen molar-refractivity contribution in [1.82, 2.24) is 4.98 Å². The fraction of sp³-hybridized carbons (Fsp3) is 0.250. The van der Waals surface area contributed by atoms with E-state index >= 15 is 0 Å². The highest BCUT2D eigenvalue weighted by molar-refractivity contribution is 5.85. The van der Waals surface area contributed by atoms with Crippen molar-refractivity contribution in [1.29, 1.82) is 0 Å². The summed E-state index contributed by atoms with van der Waals surface area (Å²) >= 11 is 0. The number of aromatic nitrogens is 1. The Labute approximate surface area is 72.9 Å². The van der Waals surface area contributed by atoms with Crippen molar-refractivity contribution in [3.8, 4) is 0 Å². The van der Waals surface area contributed by atoms with Crippen LogP contribution in [0.5, 0.6) is 0 Å². The predicted molar refractivity (Wildman–Crippen MR) is 49.8 cm³/mol. The highest BCUT2D eigenvalue weighted by Gasteiger charge is 2.01. The molecule has 0 spiro atoms. The Morgan fingerprint density at radius 2 is 2.45 bits per heavy atom. The molecule has 1 atom stereocenters. The van der Waals surface area contributed by atoms with Crippen molar-refractivity contribution in [2.75, 3.05) is 0 Å². The summed E-state index contributed by atoms with van der Waals surface area (Å²) in [6.07, 6.45) is 4.52. The molecule has 1 heterocycles. The van der Waals surface area contributed by atoms with Crippen molar-refractivity contribution in [2.24, 2.45) is 5.73 Å². The monoisotopic (exact) mass is 172 g/mol. The van der Waals surface area contributed by atoms with E-state index in [-0.39, 0.29) is 18.4 Å². The number of nitrogens with two attached hydrogens (primary N) is 1. The molecule has 0 aliphatic heterocycles. The highest BCUT2D eigenvalue weighted by atomic mass is 35.5. The number of hydrogen-bond acceptors (Lipinski definition) is 1. The molecule has 0 saturated carbocycles. The van der Waals surface area contributed by atoms with Gasteiger partial charge in [-0.2, -0.15) is 0 Å². The van der Waals surface area contributed by atoms with Gasteiger partial charge in [0.05, 0.1) is 0 Å². The van der Waals surface area contributed by atoms with E-state index in [0.29, 0.717) is 0 Å². The van der Waals surface area contributed by atoms with Crippen molar-refractivity contribution < 1.29 is 0 Å². The van der Waals surface area contributed by atoms with E-state index in [0.717, 1.165) is 12.1 Å². The van der Waals surface area contributed by atoms with Crippen LogP contribution in [0.2, 0.25) is 0 Å². The lowest BCUT2D eigenvalue weighted by Crippen LogP contribution is -2.08. The third-order valence-corrected chi connectivity index (χ3v) is 1.44. The summed E-state index contributed by atoms with van der Waals surface area (Å²) in [7, 11) is 0. The zero-order valence-corrected chi connectivity index (χ0v) is 7.10. The molecule has 1 aromatic rings. The minimum absolute atomic E-state index is 0. The number of hydrogen-bond donors (Lipinski definition) is 2. The molecule has 3 heteroatoms. The number of halogens is 1. The molecule has 0 aliphatic carbocycles. The van der Waals surface area contributed by atoms with Crippen molar-refractivity contribution in [3.63, 3.8) is 0 Å². The second-order valence-electron chi connectivity index (χ2n) is 2.26. The lowest BCUT2D eigenvalue weighted by Gasteiger charge is -2.04. The van der Waals surface area contributed by atoms with E-state index < -0.39 is 0 Å². The van der Waals surface area contributed by atoms with Crippen LogP contribution in [0.1, 0.15) is 18.2 Å². The van der Waals surface area contributed by atoms with Gasteiger partial charge in [-0.05, 0) is 18.6 Å². The molecule has 0 aromatic carbocycles. The average Bonchev–Trinajstić information content (AvgIpc) is 2.38. The van der Waals surface area contributed by atoms with Crippen LogP contribution >= 0.6 is 12.4 Å². The second kappa shape index (κ2) is 4.99. The van der Waals surface area contributed by atoms with Gasteiger partial charge >= 0.3 is 0 Å². The van der Waals surface area contributed by atoms with Gasteiger partial charge in [0.25, 0.3) is 0 Å². The maximum atomic E-state index is 5.75. The van der Waals surface area contributed by atoms with Crippen molar-refractivity contribution in [2.45, 2.75) is 12.5 Å². The molecular formula is C8H13ClN2. The van der Waals surface area contributed by atoms with Gasteiger partial charge in [-0.3, -0.25) is 0 Å². The Morgan fingerprint density at radius 3 is 2.91 bits per heavy atom. The van der Waals surface area contributed by atoms with Crippen molar-refractivity contribution >= 4 is 12.4 Å². The molecule has 2 nitrogen and oxygen atoms in total. The SMILES string of the molecule is C=CC[C@@H](N)c1ccc[nH]1.Cl. The molecule has 1 aromatic heterocycles. The Kier molecular flexibility index (Phi) is 4.66. The van der Waals surface area contributed by atoms with Gasteiger partial charge in [-0.15, -0.1) is 19.0 Å². The van der Waals surface area contributed by atoms with E-state index in [1.54, 1.807) is 0 Å². The number of nitrogens with one attached hydrogen (secondary N) is 1. The van der Waals surface area contributed by atoms with Gasteiger partial charge < -0.3 is 10.7 Å². The van der Waals surface area contributed by atoms with Crippen LogP contribution in [0.3, 0.4) is 0 Å². The molecule has 11 heavy (non-hydrogen) atoms. The molecule has 0 fully saturated rings. The first-order valence-corrected chi connectivity index (χ1v) is 3.34. The maximum absolute atomic E-state index is 5.75. The summed E-state index contributed by atoms with van der Waals surface area (Å²) in [6.45, 7) is 3.62. The minimum Gasteiger partial charge on any atom is -0.364 e. The highest BCUT2D eigenvalue weighted by Crippen LogP contribution is 2.10. The van der Waals surface area contributed by atoms with Crippen LogP contribution in [-0.2, 0) is 0 Å². The quantitative estimate of drug-likeness (QED) is 0.673. The first kappa shape index (κ1) is 10.3. The van der Waals surface area contributed by atoms with Gasteiger partial charge in [0, 0.05) is 17.9 Å². The van der Waals surface area contributed by atoms with E-state index in [2.05, 4.69) is 11.6 Å². The summed E-state index contributed by atoms with van der Waals surface area (Å²) < 4.78 is 0. The number of rotatable bonds is 3. The molecule has 62 valence electrons. The average molecular weight is 173 g/mol. The number of H-pyrrole nitrogens is 1. The lowest BCUT2D eigenvalue weighted by atomic mass is 10.1. The summed E-state index contributed by atoms with van der Waals surface area (Å²) in [5.74, 6) is 0. The summed E-state index contributed by atoms with van der Waals surface area (Å²) in [5.41, 5.74) is 6.82. The zero-order valence-electron chi connectivity index (χ0n) is 6.29. The molecule has 0 bridgehead atoms. The Morgan fingerprint density at radius 1 is 1.73 bits per heavy atom. The minimum atomic E-state index is 0. The third kappa shape index (κ3) is 2.78. The Bertz CT molecular complexity index is 194. The lowest BCUT2D eigenvalue weighted by molar-refractivity contribution is 0.720. The fourth-order valence-electron chi connectivity index (χ4n) is 0.881. The molecule has 0 radical (unpaired) electrons. The van der Waals surface area contributed by atoms with Gasteiger partial charge in [-0.25, -0.2) is 0 Å². The third-order valence-electron chi connectivity index (χ3n) is 1.44. The normalized spacial score (nSPS) is 11.7. The zero-order chi connectivity index (χ0) is 7.40. The summed E-state index contributed by atoms with van der Waals surface area (Å²) in [5, 5.41) is 0. The standard InChI is InChI=1S/C8H12N2.ClH/c1-2-4-7(9)8-5-3-6-10-8;/h2-3,5-7,10H,1,4,9H2;1H/t7-;/m1./s1. The van der Waals surface area contributed by atoms with E-state index in [1.807, 2.05) is 24.4 Å². The van der Waals surface area contributed by atoms with Gasteiger partial charge in [-0.1, -0.05) is 6.08 Å². The first-order chi connectivity index (χ1) is 4.84. The molecule has 3 N–H and O–H groups in total. The second-order valence-corrected chi connectivity index (χ2v) is 2.26. The predicted octanol–water partition coefficient (Wildman–Crippen LogP) is 2.01. The molecule has 0 saturated heterocycles. The van der Waals surface area contributed by atoms with E-state index in [1.165, 1.54) is 0 Å². The smallest absolute Gasteiger partial charge is 0.0482 e. The summed E-state index contributed by atoms with van der Waals surface area (Å²) in [6, 6.07) is 4.00. The maximum Gasteiger partial charge on any atom is 0.0482 e. The Hall–Kier alpha value is -0.730. The van der Waals surface area contributed by atoms with Crippen LogP contribution in [0.4, 0.5) is 0 Å². The largest absolute Gasteiger partial charge is 0.364 e. The molecule has 0 unspecified atom stereocenters. The van der Waals surface area contributed by atoms with Gasteiger partial charge in [0.15, 0.2) is 0 Å². The molecule has 0 amide bonds. The molecule has 0 aliphatic rings. The first-order valence-electron chi connectivity index (χ1n) is 3.34. The van der Waals surface area contributed by atoms with E-state index in [9.17, 15) is 0 Å². The molecular weight excluding hydrogens is 160 g/mol. The van der Waals surface area contributed by atoms with Gasteiger partial charge in [0.1, 0.15) is 0 Å². The van der Waals surface area contributed by atoms with Crippen LogP contribution in [0.25, 0.3) is 0 Å². The summed E-state index contributed by atoms with van der Waals surface area (Å²) in [4.78, 5) is 3.05. The van der Waals surface area contributed by atoms with E-state index in [4.69, 9.17) is 5.73 Å². The van der Waals surface area contributed by atoms with Gasteiger partial charge in [0.2, 0.25) is 0 Å². The Balaban J connectivity index is 0.000001000. The van der Waals surface area contributed by atoms with Crippen molar-refractivity contribution in [3.05, 3.63) is 36.7 Å². The van der Waals surface area contributed by atoms with Crippen LogP contribution in [0.15, 0.2) is 31.0 Å². The van der Waals surface area contributed by atoms with Crippen LogP contribution < -0.4 is 5.73 Å². The number of aromatic amines is 1. The van der Waals surface area contributed by atoms with Crippen LogP contribution in [-0.4, -0.2) is 4.98 Å².